The third-order valence-corrected chi connectivity index (χ3v) is 1.74. The quantitative estimate of drug-likeness (QED) is 0.412. The van der Waals surface area contributed by atoms with Gasteiger partial charge in [-0.1, -0.05) is 6.08 Å². The molecule has 0 atom stereocenters. The van der Waals surface area contributed by atoms with E-state index in [0.717, 1.165) is 12.0 Å². The number of hydrogen-bond acceptors (Lipinski definition) is 2. The molecule has 2 amide bonds. The van der Waals surface area contributed by atoms with Gasteiger partial charge in [0.05, 0.1) is 0 Å². The van der Waals surface area contributed by atoms with Crippen molar-refractivity contribution in [2.45, 2.75) is 26.2 Å². The third kappa shape index (κ3) is 1.90. The highest BCUT2D eigenvalue weighted by Gasteiger charge is 2.16. The molecule has 1 rings (SSSR count). The van der Waals surface area contributed by atoms with Crippen molar-refractivity contribution in [3.05, 3.63) is 11.6 Å². The van der Waals surface area contributed by atoms with Crippen LogP contribution in [0, 0.1) is 0 Å². The largest absolute Gasteiger partial charge is 0.293 e. The van der Waals surface area contributed by atoms with E-state index in [1.807, 2.05) is 6.92 Å². The monoisotopic (exact) mass is 153 g/mol. The molecule has 1 fully saturated rings. The first kappa shape index (κ1) is 7.98. The van der Waals surface area contributed by atoms with Gasteiger partial charge >= 0.3 is 0 Å². The van der Waals surface area contributed by atoms with E-state index in [9.17, 15) is 9.59 Å². The number of nitrogens with one attached hydrogen (secondary N) is 1. The Bertz CT molecular complexity index is 218. The van der Waals surface area contributed by atoms with Crippen molar-refractivity contribution >= 4 is 11.8 Å². The lowest BCUT2D eigenvalue weighted by Crippen LogP contribution is -2.28. The average molecular weight is 153 g/mol. The molecule has 0 aliphatic carbocycles. The van der Waals surface area contributed by atoms with Crippen LogP contribution >= 0.6 is 0 Å². The summed E-state index contributed by atoms with van der Waals surface area (Å²) in [7, 11) is 0. The second-order valence-corrected chi connectivity index (χ2v) is 2.54. The maximum absolute atomic E-state index is 11.1. The van der Waals surface area contributed by atoms with Crippen LogP contribution in [0.3, 0.4) is 0 Å². The number of allylic oxidation sites excluding steroid dienone is 1. The first-order valence-corrected chi connectivity index (χ1v) is 3.73. The molecule has 0 spiro atoms. The maximum atomic E-state index is 11.1. The van der Waals surface area contributed by atoms with Crippen molar-refractivity contribution in [2.24, 2.45) is 0 Å². The minimum absolute atomic E-state index is 0.160. The molecule has 1 aliphatic rings. The van der Waals surface area contributed by atoms with Crippen molar-refractivity contribution in [3.63, 3.8) is 0 Å². The normalized spacial score (nSPS) is 23.2. The zero-order valence-corrected chi connectivity index (χ0v) is 6.52. The van der Waals surface area contributed by atoms with E-state index in [0.29, 0.717) is 12.8 Å². The standard InChI is InChI=1S/C8H11NO2/c1-2-6-4-3-5-7(10)9-8(6)11/h2H,3-5H2,1H3,(H,9,10,11). The fourth-order valence-electron chi connectivity index (χ4n) is 1.10. The fourth-order valence-corrected chi connectivity index (χ4v) is 1.10. The van der Waals surface area contributed by atoms with Gasteiger partial charge in [-0.3, -0.25) is 14.9 Å². The van der Waals surface area contributed by atoms with Gasteiger partial charge < -0.3 is 0 Å². The van der Waals surface area contributed by atoms with E-state index in [1.54, 1.807) is 6.08 Å². The molecule has 60 valence electrons. The molecule has 1 heterocycles. The molecule has 1 aliphatic heterocycles. The molecule has 11 heavy (non-hydrogen) atoms. The van der Waals surface area contributed by atoms with Crippen molar-refractivity contribution < 1.29 is 9.59 Å². The Hall–Kier alpha value is -1.12. The van der Waals surface area contributed by atoms with Crippen LogP contribution in [0.2, 0.25) is 0 Å². The van der Waals surface area contributed by atoms with Crippen LogP contribution in [-0.4, -0.2) is 11.8 Å². The van der Waals surface area contributed by atoms with Gasteiger partial charge in [0.15, 0.2) is 0 Å². The lowest BCUT2D eigenvalue weighted by molar-refractivity contribution is -0.127. The summed E-state index contributed by atoms with van der Waals surface area (Å²) in [4.78, 5) is 21.9. The van der Waals surface area contributed by atoms with Gasteiger partial charge in [0.2, 0.25) is 5.91 Å². The van der Waals surface area contributed by atoms with Crippen LogP contribution in [0.25, 0.3) is 0 Å². The summed E-state index contributed by atoms with van der Waals surface area (Å²) in [5.41, 5.74) is 0.718. The van der Waals surface area contributed by atoms with Gasteiger partial charge in [0.25, 0.3) is 5.91 Å². The van der Waals surface area contributed by atoms with E-state index in [4.69, 9.17) is 0 Å². The number of hydrogen-bond donors (Lipinski definition) is 1. The van der Waals surface area contributed by atoms with E-state index in [2.05, 4.69) is 5.32 Å². The van der Waals surface area contributed by atoms with Crippen LogP contribution in [0.15, 0.2) is 11.6 Å². The summed E-state index contributed by atoms with van der Waals surface area (Å²) in [6, 6.07) is 0. The molecule has 1 N–H and O–H groups in total. The summed E-state index contributed by atoms with van der Waals surface area (Å²) < 4.78 is 0. The van der Waals surface area contributed by atoms with Crippen molar-refractivity contribution in [1.82, 2.24) is 5.32 Å². The van der Waals surface area contributed by atoms with Crippen LogP contribution in [0.1, 0.15) is 26.2 Å². The van der Waals surface area contributed by atoms with Gasteiger partial charge in [-0.05, 0) is 19.8 Å². The molecular formula is C8H11NO2. The topological polar surface area (TPSA) is 46.2 Å². The number of imide groups is 1. The van der Waals surface area contributed by atoms with E-state index >= 15 is 0 Å². The Morgan fingerprint density at radius 3 is 2.73 bits per heavy atom. The first-order chi connectivity index (χ1) is 5.24. The molecule has 0 bridgehead atoms. The Labute approximate surface area is 65.5 Å². The second-order valence-electron chi connectivity index (χ2n) is 2.54. The molecular weight excluding hydrogens is 142 g/mol. The molecule has 0 radical (unpaired) electrons. The van der Waals surface area contributed by atoms with Gasteiger partial charge in [0.1, 0.15) is 0 Å². The molecule has 3 nitrogen and oxygen atoms in total. The summed E-state index contributed by atoms with van der Waals surface area (Å²) in [5.74, 6) is -0.387. The Balaban J connectivity index is 2.73. The zero-order chi connectivity index (χ0) is 8.27. The molecule has 0 aromatic carbocycles. The van der Waals surface area contributed by atoms with Gasteiger partial charge in [-0.15, -0.1) is 0 Å². The Morgan fingerprint density at radius 1 is 1.36 bits per heavy atom. The highest BCUT2D eigenvalue weighted by atomic mass is 16.2. The predicted molar refractivity (Wildman–Crippen MR) is 40.8 cm³/mol. The van der Waals surface area contributed by atoms with Crippen LogP contribution in [-0.2, 0) is 9.59 Å². The molecule has 0 saturated carbocycles. The van der Waals surface area contributed by atoms with E-state index in [1.165, 1.54) is 0 Å². The maximum Gasteiger partial charge on any atom is 0.253 e. The second kappa shape index (κ2) is 3.32. The van der Waals surface area contributed by atoms with Gasteiger partial charge in [-0.2, -0.15) is 0 Å². The number of amides is 2. The van der Waals surface area contributed by atoms with Crippen LogP contribution < -0.4 is 5.32 Å². The van der Waals surface area contributed by atoms with Gasteiger partial charge in [0, 0.05) is 12.0 Å². The van der Waals surface area contributed by atoms with Crippen molar-refractivity contribution in [3.8, 4) is 0 Å². The number of carbonyl (C=O) groups is 2. The Morgan fingerprint density at radius 2 is 2.09 bits per heavy atom. The number of rotatable bonds is 0. The summed E-state index contributed by atoms with van der Waals surface area (Å²) in [6.07, 6.45) is 3.71. The molecule has 0 aromatic rings. The molecule has 1 saturated heterocycles. The average Bonchev–Trinajstić information content (AvgIpc) is 2.11. The van der Waals surface area contributed by atoms with Gasteiger partial charge in [-0.25, -0.2) is 0 Å². The minimum Gasteiger partial charge on any atom is -0.293 e. The lowest BCUT2D eigenvalue weighted by atomic mass is 10.1. The van der Waals surface area contributed by atoms with Crippen molar-refractivity contribution in [2.75, 3.05) is 0 Å². The third-order valence-electron chi connectivity index (χ3n) is 1.74. The summed E-state index contributed by atoms with van der Waals surface area (Å²) in [5, 5.41) is 2.30. The summed E-state index contributed by atoms with van der Waals surface area (Å²) in [6.45, 7) is 1.81. The highest BCUT2D eigenvalue weighted by molar-refractivity contribution is 6.05. The molecule has 0 unspecified atom stereocenters. The fraction of sp³-hybridized carbons (Fsp3) is 0.500. The smallest absolute Gasteiger partial charge is 0.253 e. The highest BCUT2D eigenvalue weighted by Crippen LogP contribution is 2.10. The lowest BCUT2D eigenvalue weighted by Gasteiger charge is -1.98. The van der Waals surface area contributed by atoms with E-state index < -0.39 is 0 Å². The summed E-state index contributed by atoms with van der Waals surface area (Å²) >= 11 is 0. The first-order valence-electron chi connectivity index (χ1n) is 3.73. The number of carbonyl (C=O) groups excluding carboxylic acids is 2. The SMILES string of the molecule is CC=C1CCCC(=O)NC1=O. The van der Waals surface area contributed by atoms with E-state index in [-0.39, 0.29) is 11.8 Å². The Kier molecular flexibility index (Phi) is 2.41. The van der Waals surface area contributed by atoms with Crippen LogP contribution in [0.4, 0.5) is 0 Å². The predicted octanol–water partition coefficient (Wildman–Crippen LogP) is 0.759. The van der Waals surface area contributed by atoms with Crippen LogP contribution in [0.5, 0.6) is 0 Å². The zero-order valence-electron chi connectivity index (χ0n) is 6.52. The minimum atomic E-state index is -0.227. The van der Waals surface area contributed by atoms with Crippen molar-refractivity contribution in [1.29, 1.82) is 0 Å². The molecule has 3 heteroatoms. The molecule has 0 aromatic heterocycles.